The first-order valence-corrected chi connectivity index (χ1v) is 7.27. The zero-order valence-corrected chi connectivity index (χ0v) is 13.6. The molecule has 0 aliphatic carbocycles. The molecule has 2 rings (SSSR count). The normalized spacial score (nSPS) is 12.0. The molecule has 0 spiro atoms. The molecular weight excluding hydrogens is 296 g/mol. The topological polar surface area (TPSA) is 91.4 Å². The second kappa shape index (κ2) is 7.64. The van der Waals surface area contributed by atoms with E-state index in [1.54, 1.807) is 20.4 Å². The Morgan fingerprint density at radius 2 is 1.96 bits per heavy atom. The molecule has 124 valence electrons. The van der Waals surface area contributed by atoms with Crippen LogP contribution < -0.4 is 20.5 Å². The number of aromatic nitrogens is 2. The Hall–Kier alpha value is -2.54. The number of primary amides is 1. The quantitative estimate of drug-likeness (QED) is 0.757. The number of methoxy groups -OCH3 is 2. The maximum Gasteiger partial charge on any atom is 0.218 e. The van der Waals surface area contributed by atoms with E-state index in [9.17, 15) is 4.79 Å². The van der Waals surface area contributed by atoms with Gasteiger partial charge in [0.05, 0.1) is 20.3 Å². The van der Waals surface area contributed by atoms with Gasteiger partial charge in [-0.2, -0.15) is 0 Å². The average molecular weight is 318 g/mol. The summed E-state index contributed by atoms with van der Waals surface area (Å²) in [4.78, 5) is 15.4. The van der Waals surface area contributed by atoms with Crippen LogP contribution in [0.3, 0.4) is 0 Å². The molecule has 0 aliphatic heterocycles. The third-order valence-electron chi connectivity index (χ3n) is 3.54. The number of aryl methyl sites for hydroxylation is 1. The summed E-state index contributed by atoms with van der Waals surface area (Å²) in [5, 5.41) is 3.32. The largest absolute Gasteiger partial charge is 0.497 e. The van der Waals surface area contributed by atoms with Crippen molar-refractivity contribution in [2.45, 2.75) is 12.5 Å². The minimum Gasteiger partial charge on any atom is -0.497 e. The molecule has 7 heteroatoms. The highest BCUT2D eigenvalue weighted by Gasteiger charge is 2.19. The van der Waals surface area contributed by atoms with Crippen LogP contribution in [0.25, 0.3) is 0 Å². The van der Waals surface area contributed by atoms with E-state index in [4.69, 9.17) is 15.2 Å². The van der Waals surface area contributed by atoms with Crippen molar-refractivity contribution < 1.29 is 14.3 Å². The van der Waals surface area contributed by atoms with E-state index in [1.807, 2.05) is 36.0 Å². The Labute approximate surface area is 135 Å². The number of rotatable bonds is 8. The minimum atomic E-state index is -0.348. The summed E-state index contributed by atoms with van der Waals surface area (Å²) in [6.07, 6.45) is 3.85. The van der Waals surface area contributed by atoms with Gasteiger partial charge in [-0.3, -0.25) is 4.79 Å². The van der Waals surface area contributed by atoms with Crippen molar-refractivity contribution in [1.82, 2.24) is 14.9 Å². The van der Waals surface area contributed by atoms with Crippen molar-refractivity contribution in [2.24, 2.45) is 12.8 Å². The number of amides is 1. The predicted octanol–water partition coefficient (Wildman–Crippen LogP) is 0.992. The Balaban J connectivity index is 2.36. The van der Waals surface area contributed by atoms with Crippen molar-refractivity contribution in [2.75, 3.05) is 20.8 Å². The number of imidazole rings is 1. The van der Waals surface area contributed by atoms with E-state index < -0.39 is 0 Å². The first kappa shape index (κ1) is 16.8. The van der Waals surface area contributed by atoms with Gasteiger partial charge in [0.1, 0.15) is 17.3 Å². The molecule has 0 bridgehead atoms. The van der Waals surface area contributed by atoms with Crippen molar-refractivity contribution in [3.8, 4) is 11.5 Å². The summed E-state index contributed by atoms with van der Waals surface area (Å²) in [5.74, 6) is 1.86. The fourth-order valence-electron chi connectivity index (χ4n) is 2.35. The van der Waals surface area contributed by atoms with Gasteiger partial charge < -0.3 is 25.1 Å². The molecular formula is C16H22N4O3. The van der Waals surface area contributed by atoms with Gasteiger partial charge >= 0.3 is 0 Å². The molecule has 1 aromatic heterocycles. The van der Waals surface area contributed by atoms with Crippen LogP contribution in [0.2, 0.25) is 0 Å². The molecule has 2 aromatic rings. The summed E-state index contributed by atoms with van der Waals surface area (Å²) in [7, 11) is 5.13. The fourth-order valence-corrected chi connectivity index (χ4v) is 2.35. The standard InChI is InChI=1S/C16H22N4O3/c1-20-7-6-19-16(20)15(18-5-4-14(17)21)11-8-12(22-2)10-13(9-11)23-3/h6-10,15,18H,4-5H2,1-3H3,(H2,17,21). The van der Waals surface area contributed by atoms with Crippen molar-refractivity contribution in [1.29, 1.82) is 0 Å². The van der Waals surface area contributed by atoms with Crippen molar-refractivity contribution >= 4 is 5.91 Å². The van der Waals surface area contributed by atoms with Crippen LogP contribution in [0.1, 0.15) is 23.9 Å². The zero-order valence-electron chi connectivity index (χ0n) is 13.6. The molecule has 1 atom stereocenters. The maximum absolute atomic E-state index is 11.0. The van der Waals surface area contributed by atoms with E-state index in [1.165, 1.54) is 0 Å². The molecule has 0 fully saturated rings. The zero-order chi connectivity index (χ0) is 16.8. The van der Waals surface area contributed by atoms with E-state index in [2.05, 4.69) is 10.3 Å². The Bertz CT molecular complexity index is 647. The number of carbonyl (C=O) groups excluding carboxylic acids is 1. The molecule has 3 N–H and O–H groups in total. The molecule has 0 saturated carbocycles. The minimum absolute atomic E-state index is 0.210. The third kappa shape index (κ3) is 4.23. The number of nitrogens with two attached hydrogens (primary N) is 1. The van der Waals surface area contributed by atoms with Gasteiger partial charge in [-0.25, -0.2) is 4.98 Å². The van der Waals surface area contributed by atoms with E-state index in [-0.39, 0.29) is 18.4 Å². The number of nitrogens with zero attached hydrogens (tertiary/aromatic N) is 2. The highest BCUT2D eigenvalue weighted by atomic mass is 16.5. The summed E-state index contributed by atoms with van der Waals surface area (Å²) in [6.45, 7) is 0.451. The molecule has 23 heavy (non-hydrogen) atoms. The Morgan fingerprint density at radius 3 is 2.43 bits per heavy atom. The number of hydrogen-bond donors (Lipinski definition) is 2. The van der Waals surface area contributed by atoms with Gasteiger partial charge in [-0.1, -0.05) is 0 Å². The van der Waals surface area contributed by atoms with Gasteiger partial charge in [0.15, 0.2) is 0 Å². The lowest BCUT2D eigenvalue weighted by molar-refractivity contribution is -0.117. The van der Waals surface area contributed by atoms with Gasteiger partial charge in [0, 0.05) is 38.5 Å². The molecule has 1 heterocycles. The SMILES string of the molecule is COc1cc(OC)cc(C(NCCC(N)=O)c2nccn2C)c1. The smallest absolute Gasteiger partial charge is 0.218 e. The molecule has 7 nitrogen and oxygen atoms in total. The summed E-state index contributed by atoms with van der Waals surface area (Å²) < 4.78 is 12.6. The molecule has 1 unspecified atom stereocenters. The Morgan fingerprint density at radius 1 is 1.30 bits per heavy atom. The second-order valence-electron chi connectivity index (χ2n) is 5.15. The second-order valence-corrected chi connectivity index (χ2v) is 5.15. The number of nitrogens with one attached hydrogen (secondary N) is 1. The van der Waals surface area contributed by atoms with Crippen LogP contribution in [0.15, 0.2) is 30.6 Å². The molecule has 1 amide bonds. The van der Waals surface area contributed by atoms with Gasteiger partial charge in [0.2, 0.25) is 5.91 Å². The number of carbonyl (C=O) groups is 1. The van der Waals surface area contributed by atoms with Gasteiger partial charge in [0.25, 0.3) is 0 Å². The highest BCUT2D eigenvalue weighted by molar-refractivity contribution is 5.73. The summed E-state index contributed by atoms with van der Waals surface area (Å²) in [5.41, 5.74) is 6.15. The van der Waals surface area contributed by atoms with E-state index >= 15 is 0 Å². The van der Waals surface area contributed by atoms with Crippen molar-refractivity contribution in [3.63, 3.8) is 0 Å². The monoisotopic (exact) mass is 318 g/mol. The van der Waals surface area contributed by atoms with Crippen LogP contribution in [-0.2, 0) is 11.8 Å². The van der Waals surface area contributed by atoms with Crippen LogP contribution in [0.5, 0.6) is 11.5 Å². The van der Waals surface area contributed by atoms with Crippen LogP contribution in [0, 0.1) is 0 Å². The van der Waals surface area contributed by atoms with Crippen LogP contribution in [0.4, 0.5) is 0 Å². The predicted molar refractivity (Wildman–Crippen MR) is 86.4 cm³/mol. The van der Waals surface area contributed by atoms with Crippen molar-refractivity contribution in [3.05, 3.63) is 42.0 Å². The lowest BCUT2D eigenvalue weighted by Crippen LogP contribution is -2.28. The summed E-state index contributed by atoms with van der Waals surface area (Å²) in [6, 6.07) is 5.43. The maximum atomic E-state index is 11.0. The number of hydrogen-bond acceptors (Lipinski definition) is 5. The van der Waals surface area contributed by atoms with Crippen LogP contribution >= 0.6 is 0 Å². The Kier molecular flexibility index (Phi) is 5.59. The lowest BCUT2D eigenvalue weighted by Gasteiger charge is -2.20. The van der Waals surface area contributed by atoms with Gasteiger partial charge in [-0.05, 0) is 17.7 Å². The molecule has 0 saturated heterocycles. The van der Waals surface area contributed by atoms with E-state index in [0.29, 0.717) is 18.0 Å². The average Bonchev–Trinajstić information content (AvgIpc) is 2.96. The number of benzene rings is 1. The first-order valence-electron chi connectivity index (χ1n) is 7.27. The molecule has 1 aromatic carbocycles. The van der Waals surface area contributed by atoms with E-state index in [0.717, 1.165) is 11.4 Å². The van der Waals surface area contributed by atoms with Gasteiger partial charge in [-0.15, -0.1) is 0 Å². The highest BCUT2D eigenvalue weighted by Crippen LogP contribution is 2.29. The fraction of sp³-hybridized carbons (Fsp3) is 0.375. The molecule has 0 radical (unpaired) electrons. The van der Waals surface area contributed by atoms with Crippen LogP contribution in [-0.4, -0.2) is 36.2 Å². The number of ether oxygens (including phenoxy) is 2. The lowest BCUT2D eigenvalue weighted by atomic mass is 10.0. The summed E-state index contributed by atoms with van der Waals surface area (Å²) >= 11 is 0. The first-order chi connectivity index (χ1) is 11.0. The third-order valence-corrected chi connectivity index (χ3v) is 3.54. The molecule has 0 aliphatic rings.